The van der Waals surface area contributed by atoms with E-state index in [4.69, 9.17) is 4.74 Å². The summed E-state index contributed by atoms with van der Waals surface area (Å²) in [5, 5.41) is 8.86. The quantitative estimate of drug-likeness (QED) is 0.586. The van der Waals surface area contributed by atoms with E-state index < -0.39 is 5.54 Å². The first-order valence-corrected chi connectivity index (χ1v) is 11.6. The zero-order valence-electron chi connectivity index (χ0n) is 18.4. The van der Waals surface area contributed by atoms with Gasteiger partial charge >= 0.3 is 6.03 Å². The second-order valence-electron chi connectivity index (χ2n) is 8.76. The molecule has 2 fully saturated rings. The van der Waals surface area contributed by atoms with E-state index in [1.807, 2.05) is 42.5 Å². The molecular formula is C25H32N4O3. The number of aromatic nitrogens is 1. The molecule has 0 unspecified atom stereocenters. The van der Waals surface area contributed by atoms with E-state index in [0.29, 0.717) is 31.8 Å². The third-order valence-electron chi connectivity index (χ3n) is 6.41. The van der Waals surface area contributed by atoms with Crippen molar-refractivity contribution in [2.45, 2.75) is 76.1 Å². The van der Waals surface area contributed by atoms with Crippen LogP contribution in [-0.2, 0) is 17.9 Å². The van der Waals surface area contributed by atoms with Crippen LogP contribution >= 0.6 is 0 Å². The maximum atomic E-state index is 13.2. The fraction of sp³-hybridized carbons (Fsp3) is 0.480. The first-order chi connectivity index (χ1) is 15.6. The second kappa shape index (κ2) is 10.5. The first kappa shape index (κ1) is 22.1. The average Bonchev–Trinajstić information content (AvgIpc) is 3.51. The molecule has 1 aromatic carbocycles. The predicted octanol–water partition coefficient (Wildman–Crippen LogP) is 3.83. The van der Waals surface area contributed by atoms with Crippen LogP contribution in [0.3, 0.4) is 0 Å². The summed E-state index contributed by atoms with van der Waals surface area (Å²) in [7, 11) is 0. The van der Waals surface area contributed by atoms with Gasteiger partial charge in [0.15, 0.2) is 0 Å². The predicted molar refractivity (Wildman–Crippen MR) is 122 cm³/mol. The summed E-state index contributed by atoms with van der Waals surface area (Å²) in [5.74, 6) is 0.439. The molecule has 1 aromatic heterocycles. The Balaban J connectivity index is 1.34. The normalized spacial score (nSPS) is 17.6. The highest BCUT2D eigenvalue weighted by Crippen LogP contribution is 2.30. The summed E-state index contributed by atoms with van der Waals surface area (Å²) < 4.78 is 6.09. The van der Waals surface area contributed by atoms with Crippen molar-refractivity contribution in [3.8, 4) is 5.88 Å². The zero-order chi connectivity index (χ0) is 22.2. The highest BCUT2D eigenvalue weighted by Gasteiger charge is 2.42. The second-order valence-corrected chi connectivity index (χ2v) is 8.76. The molecule has 0 atom stereocenters. The van der Waals surface area contributed by atoms with E-state index in [-0.39, 0.29) is 18.0 Å². The average molecular weight is 437 g/mol. The number of ether oxygens (including phenoxy) is 1. The van der Waals surface area contributed by atoms with Gasteiger partial charge in [-0.05, 0) is 50.2 Å². The van der Waals surface area contributed by atoms with E-state index in [1.54, 1.807) is 6.20 Å². The minimum Gasteiger partial charge on any atom is -0.474 e. The van der Waals surface area contributed by atoms with Gasteiger partial charge in [-0.25, -0.2) is 9.78 Å². The zero-order valence-corrected chi connectivity index (χ0v) is 18.4. The molecule has 2 aromatic rings. The molecule has 7 nitrogen and oxygen atoms in total. The number of amides is 3. The molecule has 2 aliphatic rings. The van der Waals surface area contributed by atoms with Gasteiger partial charge in [-0.15, -0.1) is 0 Å². The summed E-state index contributed by atoms with van der Waals surface area (Å²) in [5.41, 5.74) is 0.989. The molecule has 0 aliphatic heterocycles. The lowest BCUT2D eigenvalue weighted by Crippen LogP contribution is -2.59. The number of nitrogens with one attached hydrogen (secondary N) is 3. The maximum absolute atomic E-state index is 13.2. The van der Waals surface area contributed by atoms with Gasteiger partial charge in [-0.3, -0.25) is 4.79 Å². The molecule has 0 saturated heterocycles. The number of nitrogens with zero attached hydrogens (tertiary/aromatic N) is 1. The van der Waals surface area contributed by atoms with E-state index in [9.17, 15) is 9.59 Å². The fourth-order valence-corrected chi connectivity index (χ4v) is 4.60. The van der Waals surface area contributed by atoms with Crippen LogP contribution in [0.5, 0.6) is 5.88 Å². The van der Waals surface area contributed by atoms with Crippen molar-refractivity contribution in [2.75, 3.05) is 0 Å². The number of pyridine rings is 1. The summed E-state index contributed by atoms with van der Waals surface area (Å²) in [6, 6.07) is 13.2. The Morgan fingerprint density at radius 3 is 2.44 bits per heavy atom. The Labute approximate surface area is 189 Å². The van der Waals surface area contributed by atoms with Gasteiger partial charge in [0.25, 0.3) is 0 Å². The van der Waals surface area contributed by atoms with Crippen molar-refractivity contribution in [1.82, 2.24) is 20.9 Å². The lowest BCUT2D eigenvalue weighted by atomic mass is 9.96. The molecule has 0 radical (unpaired) electrons. The number of rotatable bonds is 8. The van der Waals surface area contributed by atoms with Crippen LogP contribution in [0.4, 0.5) is 4.79 Å². The molecule has 0 bridgehead atoms. The largest absolute Gasteiger partial charge is 0.474 e. The Bertz CT molecular complexity index is 906. The van der Waals surface area contributed by atoms with Gasteiger partial charge in [0, 0.05) is 24.8 Å². The minimum atomic E-state index is -0.880. The number of urea groups is 1. The van der Waals surface area contributed by atoms with Crippen LogP contribution in [0, 0.1) is 0 Å². The Morgan fingerprint density at radius 2 is 1.69 bits per heavy atom. The number of hydrogen-bond acceptors (Lipinski definition) is 4. The molecule has 3 N–H and O–H groups in total. The van der Waals surface area contributed by atoms with Crippen molar-refractivity contribution in [3.63, 3.8) is 0 Å². The minimum absolute atomic E-state index is 0.152. The Kier molecular flexibility index (Phi) is 7.24. The van der Waals surface area contributed by atoms with Gasteiger partial charge in [0.05, 0.1) is 0 Å². The fourth-order valence-electron chi connectivity index (χ4n) is 4.60. The van der Waals surface area contributed by atoms with Crippen LogP contribution in [0.15, 0.2) is 48.7 Å². The topological polar surface area (TPSA) is 92.4 Å². The number of carbonyl (C=O) groups is 2. The van der Waals surface area contributed by atoms with Crippen LogP contribution in [0.1, 0.15) is 62.5 Å². The van der Waals surface area contributed by atoms with Crippen LogP contribution in [0.2, 0.25) is 0 Å². The molecule has 170 valence electrons. The van der Waals surface area contributed by atoms with Crippen LogP contribution < -0.4 is 20.7 Å². The summed E-state index contributed by atoms with van der Waals surface area (Å²) >= 11 is 0. The van der Waals surface area contributed by atoms with Crippen molar-refractivity contribution < 1.29 is 14.3 Å². The van der Waals surface area contributed by atoms with Crippen LogP contribution in [0.25, 0.3) is 0 Å². The van der Waals surface area contributed by atoms with E-state index in [1.165, 1.54) is 12.8 Å². The van der Waals surface area contributed by atoms with E-state index >= 15 is 0 Å². The van der Waals surface area contributed by atoms with Crippen molar-refractivity contribution in [3.05, 3.63) is 59.8 Å². The van der Waals surface area contributed by atoms with E-state index in [0.717, 1.165) is 36.8 Å². The monoisotopic (exact) mass is 436 g/mol. The lowest BCUT2D eigenvalue weighted by molar-refractivity contribution is -0.127. The third-order valence-corrected chi connectivity index (χ3v) is 6.41. The van der Waals surface area contributed by atoms with Gasteiger partial charge < -0.3 is 20.7 Å². The molecule has 7 heteroatoms. The molecule has 0 spiro atoms. The molecule has 1 heterocycles. The first-order valence-electron chi connectivity index (χ1n) is 11.6. The molecular weight excluding hydrogens is 404 g/mol. The van der Waals surface area contributed by atoms with Gasteiger partial charge in [-0.2, -0.15) is 0 Å². The third kappa shape index (κ3) is 5.58. The summed E-state index contributed by atoms with van der Waals surface area (Å²) in [6.07, 6.45) is 9.48. The SMILES string of the molecule is O=C(NCc1ccccc1)NC1(C(=O)NCc2cccnc2OC2CCCC2)CCCC1. The number of benzene rings is 1. The van der Waals surface area contributed by atoms with Gasteiger partial charge in [0.2, 0.25) is 11.8 Å². The number of hydrogen-bond donors (Lipinski definition) is 3. The Morgan fingerprint density at radius 1 is 0.938 bits per heavy atom. The van der Waals surface area contributed by atoms with Crippen molar-refractivity contribution in [2.24, 2.45) is 0 Å². The lowest BCUT2D eigenvalue weighted by Gasteiger charge is -2.29. The molecule has 2 saturated carbocycles. The smallest absolute Gasteiger partial charge is 0.315 e. The molecule has 2 aliphatic carbocycles. The Hall–Kier alpha value is -3.09. The van der Waals surface area contributed by atoms with Gasteiger partial charge in [-0.1, -0.05) is 49.2 Å². The van der Waals surface area contributed by atoms with Crippen molar-refractivity contribution >= 4 is 11.9 Å². The van der Waals surface area contributed by atoms with Gasteiger partial charge in [0.1, 0.15) is 11.6 Å². The molecule has 4 rings (SSSR count). The highest BCUT2D eigenvalue weighted by molar-refractivity contribution is 5.91. The highest BCUT2D eigenvalue weighted by atomic mass is 16.5. The standard InChI is InChI=1S/C25H32N4O3/c30-23(27-18-20-11-8-16-26-22(20)32-21-12-4-5-13-21)25(14-6-7-15-25)29-24(31)28-17-19-9-2-1-3-10-19/h1-3,8-11,16,21H,4-7,12-15,17-18H2,(H,27,30)(H2,28,29,31). The maximum Gasteiger partial charge on any atom is 0.315 e. The summed E-state index contributed by atoms with van der Waals surface area (Å²) in [4.78, 5) is 30.1. The van der Waals surface area contributed by atoms with E-state index in [2.05, 4.69) is 20.9 Å². The van der Waals surface area contributed by atoms with Crippen molar-refractivity contribution in [1.29, 1.82) is 0 Å². The summed E-state index contributed by atoms with van der Waals surface area (Å²) in [6.45, 7) is 0.742. The molecule has 3 amide bonds. The van der Waals surface area contributed by atoms with Crippen LogP contribution in [-0.4, -0.2) is 28.6 Å². The molecule has 32 heavy (non-hydrogen) atoms. The number of carbonyl (C=O) groups excluding carboxylic acids is 2.